The molecule has 0 saturated heterocycles. The molecule has 3 aromatic rings. The van der Waals surface area contributed by atoms with Gasteiger partial charge in [-0.25, -0.2) is 4.98 Å². The van der Waals surface area contributed by atoms with Crippen LogP contribution in [0.4, 0.5) is 5.69 Å². The molecule has 8 heteroatoms. The van der Waals surface area contributed by atoms with Gasteiger partial charge in [0.05, 0.1) is 26.5 Å². The number of anilines is 1. The zero-order valence-corrected chi connectivity index (χ0v) is 16.0. The maximum absolute atomic E-state index is 12.5. The van der Waals surface area contributed by atoms with Crippen molar-refractivity contribution in [3.8, 4) is 11.5 Å². The van der Waals surface area contributed by atoms with Crippen LogP contribution in [-0.2, 0) is 6.54 Å². The van der Waals surface area contributed by atoms with Gasteiger partial charge in [0.15, 0.2) is 11.5 Å². The second kappa shape index (κ2) is 9.32. The zero-order chi connectivity index (χ0) is 20.6. The number of methoxy groups -OCH3 is 2. The van der Waals surface area contributed by atoms with Crippen LogP contribution in [0.25, 0.3) is 0 Å². The molecule has 148 valence electrons. The van der Waals surface area contributed by atoms with Gasteiger partial charge in [0, 0.05) is 18.0 Å². The predicted molar refractivity (Wildman–Crippen MR) is 107 cm³/mol. The summed E-state index contributed by atoms with van der Waals surface area (Å²) in [7, 11) is 3.04. The fraction of sp³-hybridized carbons (Fsp3) is 0.143. The molecule has 0 radical (unpaired) electrons. The smallest absolute Gasteiger partial charge is 0.274 e. The molecule has 0 aliphatic rings. The minimum Gasteiger partial charge on any atom is -0.493 e. The van der Waals surface area contributed by atoms with Gasteiger partial charge in [-0.15, -0.1) is 0 Å². The first kappa shape index (κ1) is 19.8. The fourth-order valence-corrected chi connectivity index (χ4v) is 2.56. The quantitative estimate of drug-likeness (QED) is 0.641. The lowest BCUT2D eigenvalue weighted by molar-refractivity contribution is 0.0945. The van der Waals surface area contributed by atoms with E-state index in [2.05, 4.69) is 20.6 Å². The Balaban J connectivity index is 1.68. The number of ether oxygens (including phenoxy) is 2. The number of rotatable bonds is 7. The summed E-state index contributed by atoms with van der Waals surface area (Å²) in [5, 5.41) is 5.46. The molecule has 2 heterocycles. The maximum atomic E-state index is 12.5. The normalized spacial score (nSPS) is 10.1. The minimum absolute atomic E-state index is 0.116. The molecule has 0 saturated carbocycles. The molecule has 1 aromatic carbocycles. The highest BCUT2D eigenvalue weighted by molar-refractivity contribution is 6.04. The molecule has 0 aliphatic heterocycles. The Hall–Kier alpha value is -3.94. The van der Waals surface area contributed by atoms with E-state index in [-0.39, 0.29) is 17.9 Å². The highest BCUT2D eigenvalue weighted by atomic mass is 16.5. The molecule has 0 aliphatic carbocycles. The second-order valence-electron chi connectivity index (χ2n) is 5.94. The Labute approximate surface area is 167 Å². The van der Waals surface area contributed by atoms with Crippen LogP contribution < -0.4 is 20.1 Å². The third-order valence-electron chi connectivity index (χ3n) is 4.01. The standard InChI is InChI=1S/C21H20N4O4/c1-28-18-10-9-14(12-19(18)29-2)24-21(27)17-8-5-7-16(25-17)20(26)23-13-15-6-3-4-11-22-15/h3-12H,13H2,1-2H3,(H,23,26)(H,24,27). The van der Waals surface area contributed by atoms with Crippen LogP contribution in [0.1, 0.15) is 26.7 Å². The summed E-state index contributed by atoms with van der Waals surface area (Å²) in [6.45, 7) is 0.267. The van der Waals surface area contributed by atoms with Crippen LogP contribution in [0.2, 0.25) is 0 Å². The van der Waals surface area contributed by atoms with E-state index in [0.717, 1.165) is 5.69 Å². The van der Waals surface area contributed by atoms with Crippen molar-refractivity contribution in [1.29, 1.82) is 0 Å². The number of pyridine rings is 2. The van der Waals surface area contributed by atoms with Gasteiger partial charge in [-0.05, 0) is 36.4 Å². The van der Waals surface area contributed by atoms with Crippen LogP contribution in [0.15, 0.2) is 60.8 Å². The van der Waals surface area contributed by atoms with Crippen molar-refractivity contribution < 1.29 is 19.1 Å². The van der Waals surface area contributed by atoms with Crippen LogP contribution in [-0.4, -0.2) is 36.0 Å². The second-order valence-corrected chi connectivity index (χ2v) is 5.94. The average Bonchev–Trinajstić information content (AvgIpc) is 2.78. The Kier molecular flexibility index (Phi) is 6.36. The molecule has 0 fully saturated rings. The summed E-state index contributed by atoms with van der Waals surface area (Å²) in [5.74, 6) is 0.198. The summed E-state index contributed by atoms with van der Waals surface area (Å²) in [4.78, 5) is 33.2. The van der Waals surface area contributed by atoms with Gasteiger partial charge in [0.25, 0.3) is 11.8 Å². The highest BCUT2D eigenvalue weighted by Gasteiger charge is 2.14. The topological polar surface area (TPSA) is 102 Å². The number of hydrogen-bond donors (Lipinski definition) is 2. The SMILES string of the molecule is COc1ccc(NC(=O)c2cccc(C(=O)NCc3ccccn3)n2)cc1OC. The zero-order valence-electron chi connectivity index (χ0n) is 16.0. The summed E-state index contributed by atoms with van der Waals surface area (Å²) >= 11 is 0. The summed E-state index contributed by atoms with van der Waals surface area (Å²) in [6.07, 6.45) is 1.65. The van der Waals surface area contributed by atoms with Crippen molar-refractivity contribution in [2.24, 2.45) is 0 Å². The molecular weight excluding hydrogens is 372 g/mol. The Morgan fingerprint density at radius 3 is 2.34 bits per heavy atom. The Bertz CT molecular complexity index is 1010. The lowest BCUT2D eigenvalue weighted by atomic mass is 10.2. The number of carbonyl (C=O) groups excluding carboxylic acids is 2. The summed E-state index contributed by atoms with van der Waals surface area (Å²) in [6, 6.07) is 15.1. The third-order valence-corrected chi connectivity index (χ3v) is 4.01. The molecule has 0 spiro atoms. The van der Waals surface area contributed by atoms with E-state index < -0.39 is 11.8 Å². The van der Waals surface area contributed by atoms with Gasteiger partial charge in [-0.1, -0.05) is 12.1 Å². The third kappa shape index (κ3) is 5.07. The van der Waals surface area contributed by atoms with Gasteiger partial charge in [0.2, 0.25) is 0 Å². The van der Waals surface area contributed by atoms with E-state index in [4.69, 9.17) is 9.47 Å². The van der Waals surface area contributed by atoms with Gasteiger partial charge in [0.1, 0.15) is 11.4 Å². The Morgan fingerprint density at radius 1 is 0.897 bits per heavy atom. The molecule has 0 bridgehead atoms. The number of hydrogen-bond acceptors (Lipinski definition) is 6. The first-order chi connectivity index (χ1) is 14.1. The summed E-state index contributed by atoms with van der Waals surface area (Å²) in [5.41, 5.74) is 1.49. The maximum Gasteiger partial charge on any atom is 0.274 e. The van der Waals surface area contributed by atoms with E-state index in [1.165, 1.54) is 20.3 Å². The monoisotopic (exact) mass is 392 g/mol. The first-order valence-electron chi connectivity index (χ1n) is 8.79. The van der Waals surface area contributed by atoms with E-state index in [9.17, 15) is 9.59 Å². The number of aromatic nitrogens is 2. The van der Waals surface area contributed by atoms with Gasteiger partial charge >= 0.3 is 0 Å². The molecule has 0 unspecified atom stereocenters. The molecule has 29 heavy (non-hydrogen) atoms. The molecule has 2 aromatic heterocycles. The van der Waals surface area contributed by atoms with Crippen molar-refractivity contribution in [2.75, 3.05) is 19.5 Å². The van der Waals surface area contributed by atoms with Crippen molar-refractivity contribution in [2.45, 2.75) is 6.54 Å². The number of carbonyl (C=O) groups is 2. The number of benzene rings is 1. The molecule has 8 nitrogen and oxygen atoms in total. The van der Waals surface area contributed by atoms with Crippen molar-refractivity contribution in [3.63, 3.8) is 0 Å². The molecule has 2 amide bonds. The lowest BCUT2D eigenvalue weighted by Crippen LogP contribution is -2.25. The predicted octanol–water partition coefficient (Wildman–Crippen LogP) is 2.68. The number of nitrogens with one attached hydrogen (secondary N) is 2. The largest absolute Gasteiger partial charge is 0.493 e. The van der Waals surface area contributed by atoms with Gasteiger partial charge in [-0.2, -0.15) is 0 Å². The molecule has 0 atom stereocenters. The Morgan fingerprint density at radius 2 is 1.66 bits per heavy atom. The van der Waals surface area contributed by atoms with Gasteiger partial charge < -0.3 is 20.1 Å². The average molecular weight is 392 g/mol. The van der Waals surface area contributed by atoms with Crippen LogP contribution in [0.5, 0.6) is 11.5 Å². The van der Waals surface area contributed by atoms with Crippen LogP contribution >= 0.6 is 0 Å². The highest BCUT2D eigenvalue weighted by Crippen LogP contribution is 2.29. The van der Waals surface area contributed by atoms with Crippen molar-refractivity contribution >= 4 is 17.5 Å². The van der Waals surface area contributed by atoms with E-state index in [0.29, 0.717) is 17.2 Å². The van der Waals surface area contributed by atoms with Crippen LogP contribution in [0, 0.1) is 0 Å². The van der Waals surface area contributed by atoms with E-state index >= 15 is 0 Å². The van der Waals surface area contributed by atoms with Crippen LogP contribution in [0.3, 0.4) is 0 Å². The van der Waals surface area contributed by atoms with Crippen molar-refractivity contribution in [1.82, 2.24) is 15.3 Å². The molecule has 3 rings (SSSR count). The van der Waals surface area contributed by atoms with Crippen molar-refractivity contribution in [3.05, 3.63) is 77.9 Å². The fourth-order valence-electron chi connectivity index (χ4n) is 2.56. The van der Waals surface area contributed by atoms with Gasteiger partial charge in [-0.3, -0.25) is 14.6 Å². The van der Waals surface area contributed by atoms with E-state index in [1.54, 1.807) is 48.7 Å². The number of amides is 2. The lowest BCUT2D eigenvalue weighted by Gasteiger charge is -2.11. The number of nitrogens with zero attached hydrogens (tertiary/aromatic N) is 2. The molecular formula is C21H20N4O4. The molecule has 2 N–H and O–H groups in total. The van der Waals surface area contributed by atoms with E-state index in [1.807, 2.05) is 6.07 Å². The summed E-state index contributed by atoms with van der Waals surface area (Å²) < 4.78 is 10.4. The minimum atomic E-state index is -0.448. The first-order valence-corrected chi connectivity index (χ1v) is 8.79.